The van der Waals surface area contributed by atoms with Crippen molar-refractivity contribution >= 4 is 35.4 Å². The minimum absolute atomic E-state index is 0.0315. The first-order chi connectivity index (χ1) is 13.1. The molecular formula is C13H13N11O3. The number of anilines is 3. The average molecular weight is 371 g/mol. The number of carbonyl (C=O) groups excluding carboxylic acids is 1. The highest BCUT2D eigenvalue weighted by Gasteiger charge is 2.19. The smallest absolute Gasteiger partial charge is 0.263 e. The summed E-state index contributed by atoms with van der Waals surface area (Å²) >= 11 is 0. The Kier molecular flexibility index (Phi) is 5.27. The van der Waals surface area contributed by atoms with E-state index in [-0.39, 0.29) is 29.8 Å². The number of carbonyl (C=O) groups is 1. The van der Waals surface area contributed by atoms with Gasteiger partial charge in [0.25, 0.3) is 11.7 Å². The molecular weight excluding hydrogens is 358 g/mol. The molecule has 0 saturated heterocycles. The van der Waals surface area contributed by atoms with E-state index < -0.39 is 5.91 Å². The number of hydrogen-bond donors (Lipinski definition) is 3. The Morgan fingerprint density at radius 2 is 1.85 bits per heavy atom. The number of rotatable bonds is 7. The first-order valence-electron chi connectivity index (χ1n) is 7.35. The molecule has 5 N–H and O–H groups in total. The summed E-state index contributed by atoms with van der Waals surface area (Å²) in [7, 11) is 0. The molecule has 0 aliphatic heterocycles. The van der Waals surface area contributed by atoms with Crippen molar-refractivity contribution in [2.24, 2.45) is 15.4 Å². The number of nitrogens with zero attached hydrogens (tertiary/aromatic N) is 8. The highest BCUT2D eigenvalue weighted by atomic mass is 16.6. The van der Waals surface area contributed by atoms with E-state index in [9.17, 15) is 4.79 Å². The van der Waals surface area contributed by atoms with Crippen LogP contribution >= 0.6 is 0 Å². The van der Waals surface area contributed by atoms with Gasteiger partial charge in [0.1, 0.15) is 6.54 Å². The van der Waals surface area contributed by atoms with Crippen LogP contribution in [-0.2, 0) is 4.79 Å². The van der Waals surface area contributed by atoms with E-state index in [1.165, 1.54) is 6.21 Å². The van der Waals surface area contributed by atoms with Crippen molar-refractivity contribution in [1.29, 1.82) is 0 Å². The van der Waals surface area contributed by atoms with E-state index in [2.05, 4.69) is 50.7 Å². The SMILES string of the molecule is Nc1nonc1N=NN(CC(=O)N/N=C\c1ccccc1)c1nonc1N. The zero-order valence-corrected chi connectivity index (χ0v) is 13.6. The minimum Gasteiger partial charge on any atom is -0.378 e. The Bertz CT molecular complexity index is 949. The van der Waals surface area contributed by atoms with Gasteiger partial charge in [0.2, 0.25) is 17.5 Å². The Balaban J connectivity index is 1.68. The molecule has 3 rings (SSSR count). The molecule has 2 heterocycles. The molecule has 138 valence electrons. The number of benzene rings is 1. The highest BCUT2D eigenvalue weighted by Crippen LogP contribution is 2.21. The van der Waals surface area contributed by atoms with Gasteiger partial charge in [0, 0.05) is 0 Å². The maximum atomic E-state index is 12.1. The summed E-state index contributed by atoms with van der Waals surface area (Å²) in [5.41, 5.74) is 14.3. The van der Waals surface area contributed by atoms with E-state index in [4.69, 9.17) is 11.5 Å². The lowest BCUT2D eigenvalue weighted by Gasteiger charge is -2.12. The molecule has 0 bridgehead atoms. The van der Waals surface area contributed by atoms with Gasteiger partial charge in [-0.2, -0.15) is 5.10 Å². The molecule has 2 aromatic heterocycles. The standard InChI is InChI=1S/C13H13N11O3/c14-10-12(21-26-19-10)18-23-24(13-11(15)20-27-22-13)7-9(25)17-16-6-8-4-2-1-3-5-8/h1-6H,7H2,(H2,14,19)(H2,15,20)(H,17,25)/b16-6-,23-18?. The molecule has 0 aliphatic carbocycles. The van der Waals surface area contributed by atoms with Gasteiger partial charge in [0.05, 0.1) is 6.21 Å². The van der Waals surface area contributed by atoms with Gasteiger partial charge >= 0.3 is 0 Å². The van der Waals surface area contributed by atoms with Crippen LogP contribution in [0, 0.1) is 0 Å². The summed E-state index contributed by atoms with van der Waals surface area (Å²) in [6.07, 6.45) is 1.48. The monoisotopic (exact) mass is 371 g/mol. The quantitative estimate of drug-likeness (QED) is 0.294. The number of aromatic nitrogens is 4. The molecule has 0 spiro atoms. The third-order valence-electron chi connectivity index (χ3n) is 2.98. The van der Waals surface area contributed by atoms with E-state index in [1.54, 1.807) is 0 Å². The molecule has 3 aromatic rings. The van der Waals surface area contributed by atoms with Crippen LogP contribution in [0.2, 0.25) is 0 Å². The summed E-state index contributed by atoms with van der Waals surface area (Å²) in [4.78, 5) is 12.1. The van der Waals surface area contributed by atoms with Crippen LogP contribution in [-0.4, -0.2) is 39.3 Å². The maximum absolute atomic E-state index is 12.1. The molecule has 1 amide bonds. The van der Waals surface area contributed by atoms with Crippen molar-refractivity contribution in [3.05, 3.63) is 35.9 Å². The highest BCUT2D eigenvalue weighted by molar-refractivity contribution is 5.84. The minimum atomic E-state index is -0.533. The lowest BCUT2D eigenvalue weighted by molar-refractivity contribution is -0.119. The summed E-state index contributed by atoms with van der Waals surface area (Å²) in [6.45, 7) is -0.348. The number of nitrogens with one attached hydrogen (secondary N) is 1. The molecule has 14 heteroatoms. The van der Waals surface area contributed by atoms with E-state index in [1.807, 2.05) is 30.3 Å². The second-order valence-corrected chi connectivity index (χ2v) is 4.90. The van der Waals surface area contributed by atoms with Crippen molar-refractivity contribution in [3.8, 4) is 0 Å². The Hall–Kier alpha value is -4.36. The van der Waals surface area contributed by atoms with Gasteiger partial charge in [-0.3, -0.25) is 4.79 Å². The summed E-state index contributed by atoms with van der Waals surface area (Å²) < 4.78 is 8.91. The summed E-state index contributed by atoms with van der Waals surface area (Å²) in [5.74, 6) is -0.828. The van der Waals surface area contributed by atoms with Crippen molar-refractivity contribution in [1.82, 2.24) is 26.1 Å². The van der Waals surface area contributed by atoms with Crippen molar-refractivity contribution < 1.29 is 14.1 Å². The first-order valence-corrected chi connectivity index (χ1v) is 7.35. The molecule has 1 aromatic carbocycles. The van der Waals surface area contributed by atoms with Crippen LogP contribution in [0.3, 0.4) is 0 Å². The Labute approximate surface area is 150 Å². The van der Waals surface area contributed by atoms with Crippen LogP contribution in [0.1, 0.15) is 5.56 Å². The van der Waals surface area contributed by atoms with Crippen LogP contribution < -0.4 is 21.9 Å². The molecule has 14 nitrogen and oxygen atoms in total. The molecule has 0 unspecified atom stereocenters. The van der Waals surface area contributed by atoms with E-state index >= 15 is 0 Å². The predicted molar refractivity (Wildman–Crippen MR) is 91.5 cm³/mol. The fraction of sp³-hybridized carbons (Fsp3) is 0.0769. The van der Waals surface area contributed by atoms with Crippen LogP contribution in [0.15, 0.2) is 55.0 Å². The largest absolute Gasteiger partial charge is 0.378 e. The van der Waals surface area contributed by atoms with Gasteiger partial charge in [-0.15, -0.1) is 5.11 Å². The van der Waals surface area contributed by atoms with Gasteiger partial charge in [-0.1, -0.05) is 35.6 Å². The predicted octanol–water partition coefficient (Wildman–Crippen LogP) is 0.273. The molecule has 27 heavy (non-hydrogen) atoms. The van der Waals surface area contributed by atoms with E-state index in [0.717, 1.165) is 10.6 Å². The van der Waals surface area contributed by atoms with Crippen LogP contribution in [0.4, 0.5) is 23.3 Å². The van der Waals surface area contributed by atoms with Crippen molar-refractivity contribution in [2.75, 3.05) is 23.0 Å². The molecule has 0 radical (unpaired) electrons. The Morgan fingerprint density at radius 1 is 1.11 bits per heavy atom. The normalized spacial score (nSPS) is 11.3. The number of nitrogens with two attached hydrogens (primary N) is 2. The number of nitrogen functional groups attached to an aromatic ring is 2. The lowest BCUT2D eigenvalue weighted by atomic mass is 10.2. The average Bonchev–Trinajstić information content (AvgIpc) is 3.27. The summed E-state index contributed by atoms with van der Waals surface area (Å²) in [6, 6.07) is 9.21. The third kappa shape index (κ3) is 4.59. The topological polar surface area (TPSA) is 199 Å². The fourth-order valence-electron chi connectivity index (χ4n) is 1.76. The van der Waals surface area contributed by atoms with Crippen molar-refractivity contribution in [2.45, 2.75) is 0 Å². The molecule has 0 aliphatic rings. The number of amides is 1. The zero-order chi connectivity index (χ0) is 19.1. The second kappa shape index (κ2) is 8.15. The van der Waals surface area contributed by atoms with Gasteiger partial charge in [-0.05, 0) is 26.2 Å². The Morgan fingerprint density at radius 3 is 2.52 bits per heavy atom. The maximum Gasteiger partial charge on any atom is 0.263 e. The van der Waals surface area contributed by atoms with Gasteiger partial charge in [-0.25, -0.2) is 19.7 Å². The van der Waals surface area contributed by atoms with Gasteiger partial charge < -0.3 is 11.5 Å². The molecule has 0 fully saturated rings. The zero-order valence-electron chi connectivity index (χ0n) is 13.6. The van der Waals surface area contributed by atoms with E-state index in [0.29, 0.717) is 0 Å². The van der Waals surface area contributed by atoms with Crippen LogP contribution in [0.5, 0.6) is 0 Å². The number of hydrazone groups is 1. The lowest BCUT2D eigenvalue weighted by Crippen LogP contribution is -2.32. The second-order valence-electron chi connectivity index (χ2n) is 4.90. The van der Waals surface area contributed by atoms with Crippen molar-refractivity contribution in [3.63, 3.8) is 0 Å². The fourth-order valence-corrected chi connectivity index (χ4v) is 1.76. The van der Waals surface area contributed by atoms with Gasteiger partial charge in [0.15, 0.2) is 0 Å². The number of hydrogen-bond acceptors (Lipinski definition) is 12. The first kappa shape index (κ1) is 17.5. The summed E-state index contributed by atoms with van der Waals surface area (Å²) in [5, 5.41) is 26.2. The molecule has 0 atom stereocenters. The third-order valence-corrected chi connectivity index (χ3v) is 2.98. The molecule has 0 saturated carbocycles. The van der Waals surface area contributed by atoms with Crippen LogP contribution in [0.25, 0.3) is 0 Å².